The van der Waals surface area contributed by atoms with Gasteiger partial charge in [0, 0.05) is 6.08 Å². The lowest BCUT2D eigenvalue weighted by atomic mass is 9.95. The second-order valence-electron chi connectivity index (χ2n) is 4.15. The Kier molecular flexibility index (Phi) is 5.16. The SMILES string of the molecule is CC1=CC(=CCCC/C=C/C#N)C=C(C)C1=O. The van der Waals surface area contributed by atoms with E-state index in [1.165, 1.54) is 6.08 Å². The highest BCUT2D eigenvalue weighted by Gasteiger charge is 2.11. The van der Waals surface area contributed by atoms with Crippen molar-refractivity contribution in [2.45, 2.75) is 33.1 Å². The van der Waals surface area contributed by atoms with Crippen molar-refractivity contribution in [3.63, 3.8) is 0 Å². The van der Waals surface area contributed by atoms with Crippen LogP contribution < -0.4 is 0 Å². The highest BCUT2D eigenvalue weighted by Crippen LogP contribution is 2.18. The molecule has 0 saturated heterocycles. The first-order chi connectivity index (χ1) is 8.15. The second-order valence-corrected chi connectivity index (χ2v) is 4.15. The molecule has 0 amide bonds. The lowest BCUT2D eigenvalue weighted by Gasteiger charge is -2.09. The van der Waals surface area contributed by atoms with Gasteiger partial charge < -0.3 is 0 Å². The zero-order valence-electron chi connectivity index (χ0n) is 10.4. The van der Waals surface area contributed by atoms with Crippen LogP contribution >= 0.6 is 0 Å². The molecular weight excluding hydrogens is 210 g/mol. The van der Waals surface area contributed by atoms with Crippen LogP contribution in [0.15, 0.2) is 47.1 Å². The molecule has 0 heterocycles. The maximum absolute atomic E-state index is 11.5. The van der Waals surface area contributed by atoms with Crippen molar-refractivity contribution >= 4 is 5.78 Å². The van der Waals surface area contributed by atoms with Crippen LogP contribution in [0.5, 0.6) is 0 Å². The molecule has 0 unspecified atom stereocenters. The number of hydrogen-bond acceptors (Lipinski definition) is 2. The normalized spacial score (nSPS) is 15.6. The summed E-state index contributed by atoms with van der Waals surface area (Å²) in [7, 11) is 0. The number of unbranched alkanes of at least 4 members (excludes halogenated alkanes) is 2. The molecule has 0 N–H and O–H groups in total. The summed E-state index contributed by atoms with van der Waals surface area (Å²) in [4.78, 5) is 11.5. The average molecular weight is 227 g/mol. The van der Waals surface area contributed by atoms with Crippen LogP contribution in [0, 0.1) is 11.3 Å². The van der Waals surface area contributed by atoms with Crippen LogP contribution in [-0.4, -0.2) is 5.78 Å². The summed E-state index contributed by atoms with van der Waals surface area (Å²) in [5.74, 6) is 0.138. The number of carbonyl (C=O) groups excluding carboxylic acids is 1. The standard InChI is InChI=1S/C15H17NO/c1-12-10-14(11-13(2)15(12)17)8-6-4-3-5-7-9-16/h5,7-8,10-11H,3-4,6H2,1-2H3/b7-5+. The molecule has 2 nitrogen and oxygen atoms in total. The summed E-state index contributed by atoms with van der Waals surface area (Å²) in [6.45, 7) is 3.70. The summed E-state index contributed by atoms with van der Waals surface area (Å²) in [5.41, 5.74) is 2.73. The van der Waals surface area contributed by atoms with Crippen molar-refractivity contribution in [2.24, 2.45) is 0 Å². The first-order valence-electron chi connectivity index (χ1n) is 5.81. The van der Waals surface area contributed by atoms with E-state index in [9.17, 15) is 4.79 Å². The van der Waals surface area contributed by atoms with Crippen molar-refractivity contribution in [1.29, 1.82) is 5.26 Å². The van der Waals surface area contributed by atoms with Crippen molar-refractivity contribution in [2.75, 3.05) is 0 Å². The van der Waals surface area contributed by atoms with Crippen molar-refractivity contribution in [3.05, 3.63) is 47.1 Å². The predicted molar refractivity (Wildman–Crippen MR) is 69.2 cm³/mol. The molecule has 0 radical (unpaired) electrons. The average Bonchev–Trinajstić information content (AvgIpc) is 2.30. The predicted octanol–water partition coefficient (Wildman–Crippen LogP) is 3.64. The molecule has 1 rings (SSSR count). The number of ketones is 1. The maximum Gasteiger partial charge on any atom is 0.184 e. The Morgan fingerprint density at radius 1 is 1.24 bits per heavy atom. The molecule has 0 aromatic heterocycles. The number of rotatable bonds is 4. The smallest absolute Gasteiger partial charge is 0.184 e. The van der Waals surface area contributed by atoms with E-state index in [4.69, 9.17) is 5.26 Å². The number of hydrogen-bond donors (Lipinski definition) is 0. The second kappa shape index (κ2) is 6.65. The van der Waals surface area contributed by atoms with Gasteiger partial charge in [0.2, 0.25) is 0 Å². The Hall–Kier alpha value is -1.88. The Morgan fingerprint density at radius 3 is 2.47 bits per heavy atom. The monoisotopic (exact) mass is 227 g/mol. The summed E-state index contributed by atoms with van der Waals surface area (Å²) in [6, 6.07) is 1.97. The Morgan fingerprint density at radius 2 is 1.88 bits per heavy atom. The number of Topliss-reactive ketones (excluding diaryl/α,β-unsaturated/α-hetero) is 1. The molecule has 0 spiro atoms. The topological polar surface area (TPSA) is 40.9 Å². The molecular formula is C15H17NO. The summed E-state index contributed by atoms with van der Waals surface area (Å²) >= 11 is 0. The quantitative estimate of drug-likeness (QED) is 0.543. The molecule has 1 aliphatic carbocycles. The third-order valence-electron chi connectivity index (χ3n) is 2.63. The maximum atomic E-state index is 11.5. The van der Waals surface area contributed by atoms with Gasteiger partial charge in [0.25, 0.3) is 0 Å². The van der Waals surface area contributed by atoms with E-state index >= 15 is 0 Å². The van der Waals surface area contributed by atoms with Gasteiger partial charge in [-0.15, -0.1) is 0 Å². The first kappa shape index (κ1) is 13.2. The fourth-order valence-electron chi connectivity index (χ4n) is 1.74. The van der Waals surface area contributed by atoms with E-state index < -0.39 is 0 Å². The van der Waals surface area contributed by atoms with Crippen LogP contribution in [0.2, 0.25) is 0 Å². The van der Waals surface area contributed by atoms with Gasteiger partial charge in [0.15, 0.2) is 5.78 Å². The highest BCUT2D eigenvalue weighted by atomic mass is 16.1. The lowest BCUT2D eigenvalue weighted by molar-refractivity contribution is -0.112. The van der Waals surface area contributed by atoms with E-state index in [2.05, 4.69) is 6.08 Å². The molecule has 0 bridgehead atoms. The molecule has 0 aromatic carbocycles. The van der Waals surface area contributed by atoms with Crippen LogP contribution in [0.25, 0.3) is 0 Å². The molecule has 17 heavy (non-hydrogen) atoms. The molecule has 0 aromatic rings. The minimum Gasteiger partial charge on any atom is -0.289 e. The van der Waals surface area contributed by atoms with Gasteiger partial charge in [0.1, 0.15) is 0 Å². The van der Waals surface area contributed by atoms with Gasteiger partial charge in [-0.05, 0) is 62.0 Å². The molecule has 0 saturated carbocycles. The molecule has 88 valence electrons. The number of allylic oxidation sites excluding steroid dienone is 8. The molecule has 0 atom stereocenters. The molecule has 0 fully saturated rings. The van der Waals surface area contributed by atoms with Gasteiger partial charge in [0.05, 0.1) is 6.07 Å². The fourth-order valence-corrected chi connectivity index (χ4v) is 1.74. The molecule has 2 heteroatoms. The lowest BCUT2D eigenvalue weighted by Crippen LogP contribution is -2.05. The third kappa shape index (κ3) is 4.24. The van der Waals surface area contributed by atoms with E-state index in [1.54, 1.807) is 0 Å². The summed E-state index contributed by atoms with van der Waals surface area (Å²) < 4.78 is 0. The van der Waals surface area contributed by atoms with E-state index in [0.29, 0.717) is 0 Å². The number of carbonyl (C=O) groups is 1. The highest BCUT2D eigenvalue weighted by molar-refractivity contribution is 6.09. The van der Waals surface area contributed by atoms with Crippen molar-refractivity contribution < 1.29 is 4.79 Å². The summed E-state index contributed by atoms with van der Waals surface area (Å²) in [5, 5.41) is 8.31. The van der Waals surface area contributed by atoms with E-state index in [1.807, 2.05) is 38.1 Å². The third-order valence-corrected chi connectivity index (χ3v) is 2.63. The van der Waals surface area contributed by atoms with Crippen molar-refractivity contribution in [3.8, 4) is 6.07 Å². The number of nitriles is 1. The van der Waals surface area contributed by atoms with Crippen LogP contribution in [0.4, 0.5) is 0 Å². The Bertz CT molecular complexity index is 432. The minimum atomic E-state index is 0.138. The Labute approximate surface area is 103 Å². The van der Waals surface area contributed by atoms with Gasteiger partial charge in [-0.2, -0.15) is 5.26 Å². The summed E-state index contributed by atoms with van der Waals surface area (Å²) in [6.07, 6.45) is 12.3. The van der Waals surface area contributed by atoms with Crippen LogP contribution in [0.3, 0.4) is 0 Å². The molecule has 1 aliphatic rings. The van der Waals surface area contributed by atoms with Gasteiger partial charge in [-0.1, -0.05) is 12.2 Å². The number of nitrogens with zero attached hydrogens (tertiary/aromatic N) is 1. The van der Waals surface area contributed by atoms with Gasteiger partial charge in [-0.25, -0.2) is 0 Å². The van der Waals surface area contributed by atoms with Crippen LogP contribution in [-0.2, 0) is 4.79 Å². The van der Waals surface area contributed by atoms with E-state index in [0.717, 1.165) is 36.0 Å². The minimum absolute atomic E-state index is 0.138. The zero-order chi connectivity index (χ0) is 12.7. The Balaban J connectivity index is 2.49. The van der Waals surface area contributed by atoms with Crippen LogP contribution in [0.1, 0.15) is 33.1 Å². The van der Waals surface area contributed by atoms with E-state index in [-0.39, 0.29) is 5.78 Å². The largest absolute Gasteiger partial charge is 0.289 e. The van der Waals surface area contributed by atoms with Gasteiger partial charge in [-0.3, -0.25) is 4.79 Å². The molecule has 0 aliphatic heterocycles. The zero-order valence-corrected chi connectivity index (χ0v) is 10.4. The van der Waals surface area contributed by atoms with Gasteiger partial charge >= 0.3 is 0 Å². The first-order valence-corrected chi connectivity index (χ1v) is 5.81. The fraction of sp³-hybridized carbons (Fsp3) is 0.333. The van der Waals surface area contributed by atoms with Crippen molar-refractivity contribution in [1.82, 2.24) is 0 Å².